The summed E-state index contributed by atoms with van der Waals surface area (Å²) in [5, 5.41) is 2.31. The summed E-state index contributed by atoms with van der Waals surface area (Å²) in [5.74, 6) is -0.0923. The predicted octanol–water partition coefficient (Wildman–Crippen LogP) is 4.82. The van der Waals surface area contributed by atoms with Crippen LogP contribution in [-0.2, 0) is 0 Å². The lowest BCUT2D eigenvalue weighted by Crippen LogP contribution is -2.56. The number of hydrogen-bond acceptors (Lipinski definition) is 2. The minimum absolute atomic E-state index is 0.0923. The second kappa shape index (κ2) is 6.61. The molecule has 0 saturated carbocycles. The molecule has 0 spiro atoms. The average molecular weight is 309 g/mol. The monoisotopic (exact) mass is 308 g/mol. The maximum atomic E-state index is 12.8. The molecule has 1 aromatic rings. The second-order valence-corrected chi connectivity index (χ2v) is 12.9. The van der Waals surface area contributed by atoms with Gasteiger partial charge in [0.2, 0.25) is 8.07 Å². The van der Waals surface area contributed by atoms with Gasteiger partial charge in [-0.25, -0.2) is 0 Å². The van der Waals surface area contributed by atoms with Crippen LogP contribution in [0.5, 0.6) is 0 Å². The molecule has 3 nitrogen and oxygen atoms in total. The molecule has 0 fully saturated rings. The van der Waals surface area contributed by atoms with Gasteiger partial charge in [0.05, 0.1) is 4.88 Å². The molecule has 0 aliphatic rings. The summed E-state index contributed by atoms with van der Waals surface area (Å²) in [6, 6.07) is 3.66. The Balaban J connectivity index is 3.45. The molecule has 0 unspecified atom stereocenters. The van der Waals surface area contributed by atoms with Crippen molar-refractivity contribution in [2.45, 2.75) is 58.2 Å². The van der Waals surface area contributed by atoms with E-state index < -0.39 is 8.07 Å². The summed E-state index contributed by atoms with van der Waals surface area (Å²) in [7, 11) is -2.22. The third-order valence-corrected chi connectivity index (χ3v) is 12.1. The Bertz CT molecular complexity index is 492. The Morgan fingerprint density at radius 3 is 1.95 bits per heavy atom. The second-order valence-electron chi connectivity index (χ2n) is 6.15. The Labute approximate surface area is 126 Å². The van der Waals surface area contributed by atoms with E-state index in [1.54, 1.807) is 6.07 Å². The Kier molecular flexibility index (Phi) is 5.63. The van der Waals surface area contributed by atoms with E-state index in [4.69, 9.17) is 0 Å². The van der Waals surface area contributed by atoms with Gasteiger partial charge in [0, 0.05) is 0 Å². The lowest BCUT2D eigenvalue weighted by Gasteiger charge is -2.37. The van der Waals surface area contributed by atoms with E-state index in [0.717, 1.165) is 0 Å². The molecule has 20 heavy (non-hydrogen) atoms. The highest BCUT2D eigenvalue weighted by atomic mass is 32.1. The van der Waals surface area contributed by atoms with Gasteiger partial charge in [-0.3, -0.25) is 4.79 Å². The normalized spacial score (nSPS) is 12.1. The van der Waals surface area contributed by atoms with E-state index in [2.05, 4.69) is 46.3 Å². The molecule has 0 radical (unpaired) electrons. The number of thiophene rings is 1. The molecule has 5 heteroatoms. The van der Waals surface area contributed by atoms with E-state index in [-0.39, 0.29) is 5.78 Å². The highest BCUT2D eigenvalue weighted by Crippen LogP contribution is 2.42. The molecule has 1 rings (SSSR count). The van der Waals surface area contributed by atoms with Gasteiger partial charge in [-0.2, -0.15) is 4.79 Å². The Morgan fingerprint density at radius 2 is 1.65 bits per heavy atom. The highest BCUT2D eigenvalue weighted by molar-refractivity contribution is 7.20. The largest absolute Gasteiger partial charge is 0.362 e. The fraction of sp³-hybridized carbons (Fsp3) is 0.600. The lowest BCUT2D eigenvalue weighted by atomic mass is 10.3. The van der Waals surface area contributed by atoms with Crippen LogP contribution in [0.1, 0.15) is 51.2 Å². The zero-order valence-electron chi connectivity index (χ0n) is 13.2. The molecule has 0 atom stereocenters. The molecular weight excluding hydrogens is 284 g/mol. The van der Waals surface area contributed by atoms with E-state index >= 15 is 0 Å². The van der Waals surface area contributed by atoms with Crippen molar-refractivity contribution in [2.24, 2.45) is 0 Å². The molecule has 0 aliphatic carbocycles. The van der Waals surface area contributed by atoms with Crippen molar-refractivity contribution < 1.29 is 9.58 Å². The van der Waals surface area contributed by atoms with Crippen LogP contribution in [-0.4, -0.2) is 24.0 Å². The minimum atomic E-state index is -2.22. The van der Waals surface area contributed by atoms with Crippen molar-refractivity contribution >= 4 is 30.5 Å². The maximum Gasteiger partial charge on any atom is 0.307 e. The van der Waals surface area contributed by atoms with Gasteiger partial charge in [-0.15, -0.1) is 11.3 Å². The number of rotatable bonds is 6. The first kappa shape index (κ1) is 17.0. The predicted molar refractivity (Wildman–Crippen MR) is 88.3 cm³/mol. The summed E-state index contributed by atoms with van der Waals surface area (Å²) >= 11 is 1.41. The van der Waals surface area contributed by atoms with Gasteiger partial charge in [-0.1, -0.05) is 47.6 Å². The first-order valence-corrected chi connectivity index (χ1v) is 10.2. The molecule has 0 saturated heterocycles. The highest BCUT2D eigenvalue weighted by Gasteiger charge is 2.56. The fourth-order valence-corrected chi connectivity index (χ4v) is 10.8. The van der Waals surface area contributed by atoms with Gasteiger partial charge >= 0.3 is 5.33 Å². The molecule has 1 heterocycles. The Morgan fingerprint density at radius 1 is 1.15 bits per heavy atom. The van der Waals surface area contributed by atoms with Crippen LogP contribution in [0.15, 0.2) is 17.5 Å². The minimum Gasteiger partial charge on any atom is -0.362 e. The average Bonchev–Trinajstić information content (AvgIpc) is 2.86. The number of Topliss-reactive ketones (excluding diaryl/α,β-unsaturated/α-hetero) is 1. The molecule has 0 N–H and O–H groups in total. The van der Waals surface area contributed by atoms with Crippen LogP contribution >= 0.6 is 11.3 Å². The van der Waals surface area contributed by atoms with E-state index in [9.17, 15) is 10.3 Å². The Hall–Kier alpha value is -1.03. The van der Waals surface area contributed by atoms with Gasteiger partial charge in [0.25, 0.3) is 5.78 Å². The van der Waals surface area contributed by atoms with Crippen LogP contribution in [0.3, 0.4) is 0 Å². The summed E-state index contributed by atoms with van der Waals surface area (Å²) in [5.41, 5.74) is 10.6. The standard InChI is InChI=1S/C15H24N2OSSi/c1-10(2)20(11(3)4,12(5)6)15(17-16)14(18)13-8-7-9-19-13/h7-12H,1-6H3. The van der Waals surface area contributed by atoms with Gasteiger partial charge in [0.15, 0.2) is 0 Å². The number of nitrogens with zero attached hydrogens (tertiary/aromatic N) is 2. The topological polar surface area (TPSA) is 53.5 Å². The summed E-state index contributed by atoms with van der Waals surface area (Å²) in [6.45, 7) is 12.9. The van der Waals surface area contributed by atoms with E-state index in [0.29, 0.717) is 26.8 Å². The SMILES string of the molecule is CC(C)[Si](C(=[N+]=[N-])C(=O)c1cccs1)(C(C)C)C(C)C. The van der Waals surface area contributed by atoms with Crippen LogP contribution < -0.4 is 0 Å². The van der Waals surface area contributed by atoms with E-state index in [1.165, 1.54) is 11.3 Å². The molecule has 0 bridgehead atoms. The number of carbonyl (C=O) groups excluding carboxylic acids is 1. The zero-order chi connectivity index (χ0) is 15.5. The van der Waals surface area contributed by atoms with Crippen LogP contribution in [0.2, 0.25) is 16.6 Å². The quantitative estimate of drug-likeness (QED) is 0.244. The van der Waals surface area contributed by atoms with Crippen molar-refractivity contribution in [3.63, 3.8) is 0 Å². The molecule has 0 aliphatic heterocycles. The summed E-state index contributed by atoms with van der Waals surface area (Å²) < 4.78 is 0. The van der Waals surface area contributed by atoms with Gasteiger partial charge in [-0.05, 0) is 28.1 Å². The van der Waals surface area contributed by atoms with E-state index in [1.807, 2.05) is 11.4 Å². The first-order chi connectivity index (χ1) is 9.29. The van der Waals surface area contributed by atoms with Crippen molar-refractivity contribution in [2.75, 3.05) is 0 Å². The molecule has 0 aromatic carbocycles. The third-order valence-electron chi connectivity index (χ3n) is 4.34. The van der Waals surface area contributed by atoms with Crippen molar-refractivity contribution in [3.8, 4) is 0 Å². The first-order valence-electron chi connectivity index (χ1n) is 7.10. The number of carbonyl (C=O) groups is 1. The number of hydrogen-bond donors (Lipinski definition) is 0. The molecule has 0 amide bonds. The van der Waals surface area contributed by atoms with Crippen molar-refractivity contribution in [1.82, 2.24) is 0 Å². The third kappa shape index (κ3) is 2.71. The van der Waals surface area contributed by atoms with Gasteiger partial charge in [0.1, 0.15) is 0 Å². The van der Waals surface area contributed by atoms with Crippen LogP contribution in [0, 0.1) is 0 Å². The lowest BCUT2D eigenvalue weighted by molar-refractivity contribution is -0.00292. The van der Waals surface area contributed by atoms with Crippen LogP contribution in [0.25, 0.3) is 5.53 Å². The fourth-order valence-electron chi connectivity index (χ4n) is 3.67. The van der Waals surface area contributed by atoms with Crippen LogP contribution in [0.4, 0.5) is 0 Å². The molecular formula is C15H24N2OSSi. The van der Waals surface area contributed by atoms with Crippen molar-refractivity contribution in [3.05, 3.63) is 27.9 Å². The smallest absolute Gasteiger partial charge is 0.307 e. The molecule has 110 valence electrons. The molecule has 1 aromatic heterocycles. The summed E-state index contributed by atoms with van der Waals surface area (Å²) in [6.07, 6.45) is 0. The van der Waals surface area contributed by atoms with Gasteiger partial charge < -0.3 is 5.53 Å². The zero-order valence-corrected chi connectivity index (χ0v) is 15.0. The van der Waals surface area contributed by atoms with Crippen molar-refractivity contribution in [1.29, 1.82) is 0 Å². The number of ketones is 1. The maximum absolute atomic E-state index is 12.8. The summed E-state index contributed by atoms with van der Waals surface area (Å²) in [4.78, 5) is 16.9.